The van der Waals surface area contributed by atoms with Gasteiger partial charge in [-0.05, 0) is 56.5 Å². The Morgan fingerprint density at radius 2 is 1.87 bits per heavy atom. The molecule has 0 aromatic carbocycles. The van der Waals surface area contributed by atoms with E-state index in [2.05, 4.69) is 42.0 Å². The van der Waals surface area contributed by atoms with Crippen LogP contribution in [0.15, 0.2) is 0 Å². The van der Waals surface area contributed by atoms with Gasteiger partial charge in [0, 0.05) is 37.8 Å². The fraction of sp³-hybridized carbons (Fsp3) is 1.00. The Kier molecular flexibility index (Phi) is 5.97. The minimum Gasteiger partial charge on any atom is -0.326 e. The molecule has 3 rings (SSSR count). The van der Waals surface area contributed by atoms with E-state index in [1.807, 2.05) is 0 Å². The Morgan fingerprint density at radius 1 is 1.04 bits per heavy atom. The summed E-state index contributed by atoms with van der Waals surface area (Å²) >= 11 is 0. The molecular formula is C18H37N5. The van der Waals surface area contributed by atoms with Crippen molar-refractivity contribution in [3.05, 3.63) is 0 Å². The van der Waals surface area contributed by atoms with Crippen LogP contribution in [0, 0.1) is 17.8 Å². The molecule has 3 aliphatic heterocycles. The van der Waals surface area contributed by atoms with E-state index in [1.165, 1.54) is 25.7 Å². The van der Waals surface area contributed by atoms with Crippen molar-refractivity contribution in [1.29, 1.82) is 0 Å². The number of nitrogens with two attached hydrogens (primary N) is 1. The van der Waals surface area contributed by atoms with Crippen LogP contribution in [0.2, 0.25) is 0 Å². The predicted octanol–water partition coefficient (Wildman–Crippen LogP) is 0.915. The van der Waals surface area contributed by atoms with Gasteiger partial charge in [-0.15, -0.1) is 0 Å². The summed E-state index contributed by atoms with van der Waals surface area (Å²) in [6.07, 6.45) is 6.22. The van der Waals surface area contributed by atoms with Crippen molar-refractivity contribution < 1.29 is 0 Å². The number of hydrogen-bond acceptors (Lipinski definition) is 5. The molecule has 4 unspecified atom stereocenters. The zero-order valence-corrected chi connectivity index (χ0v) is 15.2. The zero-order chi connectivity index (χ0) is 16.4. The van der Waals surface area contributed by atoms with Gasteiger partial charge in [-0.2, -0.15) is 0 Å². The quantitative estimate of drug-likeness (QED) is 0.578. The number of nitrogens with one attached hydrogen (secondary N) is 3. The highest BCUT2D eigenvalue weighted by Gasteiger charge is 2.40. The molecule has 3 saturated heterocycles. The van der Waals surface area contributed by atoms with Crippen LogP contribution in [-0.2, 0) is 0 Å². The lowest BCUT2D eigenvalue weighted by molar-refractivity contribution is 0.115. The Labute approximate surface area is 142 Å². The second kappa shape index (κ2) is 7.79. The molecule has 5 heteroatoms. The lowest BCUT2D eigenvalue weighted by Crippen LogP contribution is -2.56. The molecule has 0 aliphatic carbocycles. The predicted molar refractivity (Wildman–Crippen MR) is 96.0 cm³/mol. The highest BCUT2D eigenvalue weighted by atomic mass is 15.5. The highest BCUT2D eigenvalue weighted by Crippen LogP contribution is 2.30. The fourth-order valence-corrected chi connectivity index (χ4v) is 4.98. The number of hydrazine groups is 1. The number of piperidine rings is 1. The van der Waals surface area contributed by atoms with Crippen LogP contribution in [0.5, 0.6) is 0 Å². The molecule has 5 nitrogen and oxygen atoms in total. The largest absolute Gasteiger partial charge is 0.326 e. The Bertz CT molecular complexity index is 374. The first kappa shape index (κ1) is 17.6. The number of rotatable bonds is 1. The summed E-state index contributed by atoms with van der Waals surface area (Å²) < 4.78 is 0. The molecule has 3 aliphatic rings. The van der Waals surface area contributed by atoms with E-state index in [1.54, 1.807) is 0 Å². The Morgan fingerprint density at radius 3 is 2.65 bits per heavy atom. The van der Waals surface area contributed by atoms with Gasteiger partial charge in [0.1, 0.15) is 0 Å². The molecule has 134 valence electrons. The van der Waals surface area contributed by atoms with E-state index < -0.39 is 0 Å². The summed E-state index contributed by atoms with van der Waals surface area (Å²) in [6, 6.07) is 1.98. The summed E-state index contributed by atoms with van der Waals surface area (Å²) in [5, 5.41) is 9.98. The van der Waals surface area contributed by atoms with E-state index in [4.69, 9.17) is 5.73 Å². The molecule has 6 atom stereocenters. The van der Waals surface area contributed by atoms with Crippen LogP contribution in [0.4, 0.5) is 0 Å². The lowest BCUT2D eigenvalue weighted by atomic mass is 9.79. The van der Waals surface area contributed by atoms with Gasteiger partial charge in [-0.3, -0.25) is 5.43 Å². The van der Waals surface area contributed by atoms with Gasteiger partial charge < -0.3 is 16.4 Å². The molecule has 0 radical (unpaired) electrons. The number of nitrogens with zero attached hydrogens (tertiary/aromatic N) is 1. The second-order valence-electron chi connectivity index (χ2n) is 8.42. The van der Waals surface area contributed by atoms with Crippen molar-refractivity contribution in [1.82, 2.24) is 21.1 Å². The topological polar surface area (TPSA) is 65.3 Å². The maximum atomic E-state index is 6.55. The molecule has 0 spiro atoms. The summed E-state index contributed by atoms with van der Waals surface area (Å²) in [6.45, 7) is 8.06. The van der Waals surface area contributed by atoms with E-state index in [9.17, 15) is 0 Å². The van der Waals surface area contributed by atoms with E-state index in [0.717, 1.165) is 43.8 Å². The third-order valence-electron chi connectivity index (χ3n) is 6.60. The number of likely N-dealkylation sites (N-methyl/N-ethyl adjacent to an activating group) is 1. The smallest absolute Gasteiger partial charge is 0.0435 e. The second-order valence-corrected chi connectivity index (χ2v) is 8.42. The lowest BCUT2D eigenvalue weighted by Gasteiger charge is -2.41. The van der Waals surface area contributed by atoms with Crippen molar-refractivity contribution >= 4 is 0 Å². The molecule has 3 heterocycles. The molecule has 0 aromatic heterocycles. The highest BCUT2D eigenvalue weighted by molar-refractivity contribution is 4.99. The van der Waals surface area contributed by atoms with Gasteiger partial charge in [0.15, 0.2) is 0 Å². The van der Waals surface area contributed by atoms with Crippen molar-refractivity contribution in [3.8, 4) is 0 Å². The van der Waals surface area contributed by atoms with Gasteiger partial charge in [0.2, 0.25) is 0 Å². The first-order valence-corrected chi connectivity index (χ1v) is 9.75. The van der Waals surface area contributed by atoms with Gasteiger partial charge in [0.05, 0.1) is 0 Å². The van der Waals surface area contributed by atoms with Crippen LogP contribution in [-0.4, -0.2) is 55.9 Å². The van der Waals surface area contributed by atoms with Crippen molar-refractivity contribution in [3.63, 3.8) is 0 Å². The molecule has 2 bridgehead atoms. The van der Waals surface area contributed by atoms with Gasteiger partial charge >= 0.3 is 0 Å². The van der Waals surface area contributed by atoms with Crippen LogP contribution in [0.1, 0.15) is 46.0 Å². The molecule has 0 saturated carbocycles. The number of hydrogen-bond donors (Lipinski definition) is 4. The maximum absolute atomic E-state index is 6.55. The van der Waals surface area contributed by atoms with Crippen molar-refractivity contribution in [2.24, 2.45) is 23.5 Å². The normalized spacial score (nSPS) is 43.7. The van der Waals surface area contributed by atoms with E-state index in [-0.39, 0.29) is 0 Å². The summed E-state index contributed by atoms with van der Waals surface area (Å²) in [7, 11) is 2.22. The summed E-state index contributed by atoms with van der Waals surface area (Å²) in [5.41, 5.74) is 10.1. The molecule has 3 fully saturated rings. The van der Waals surface area contributed by atoms with Crippen LogP contribution in [0.25, 0.3) is 0 Å². The molecule has 0 aromatic rings. The van der Waals surface area contributed by atoms with Gasteiger partial charge in [0.25, 0.3) is 0 Å². The third kappa shape index (κ3) is 4.07. The average Bonchev–Trinajstić information content (AvgIpc) is 2.90. The van der Waals surface area contributed by atoms with E-state index in [0.29, 0.717) is 24.2 Å². The Balaban J connectivity index is 1.76. The minimum atomic E-state index is 0.316. The monoisotopic (exact) mass is 323 g/mol. The first-order valence-electron chi connectivity index (χ1n) is 9.75. The molecule has 5 N–H and O–H groups in total. The number of fused-ring (bicyclic) bond motifs is 4. The Hall–Kier alpha value is -0.200. The van der Waals surface area contributed by atoms with Gasteiger partial charge in [-0.1, -0.05) is 20.3 Å². The molecular weight excluding hydrogens is 286 g/mol. The first-order chi connectivity index (χ1) is 11.1. The van der Waals surface area contributed by atoms with Crippen molar-refractivity contribution in [2.45, 2.75) is 70.1 Å². The standard InChI is InChI=1S/C18H37N5/c1-12(2)14-5-4-6-15(19)16-9-13(7-8-20-16)18-17(21-10-14)11-22-23(18)3/h12-18,20-22H,4-11,19H2,1-3H3/t13?,14-,15+,16?,17?,18?/m1/s1. The SMILES string of the molecule is CC(C)[C@@H]1CCC[C@H](N)C2CC(CCN2)C2C(CNN2C)NC1. The van der Waals surface area contributed by atoms with E-state index >= 15 is 0 Å². The van der Waals surface area contributed by atoms with Crippen LogP contribution >= 0.6 is 0 Å². The van der Waals surface area contributed by atoms with Crippen LogP contribution in [0.3, 0.4) is 0 Å². The van der Waals surface area contributed by atoms with Crippen LogP contribution < -0.4 is 21.8 Å². The molecule has 0 amide bonds. The summed E-state index contributed by atoms with van der Waals surface area (Å²) in [4.78, 5) is 0. The van der Waals surface area contributed by atoms with Gasteiger partial charge in [-0.25, -0.2) is 5.01 Å². The maximum Gasteiger partial charge on any atom is 0.0435 e. The average molecular weight is 324 g/mol. The minimum absolute atomic E-state index is 0.316. The fourth-order valence-electron chi connectivity index (χ4n) is 4.98. The van der Waals surface area contributed by atoms with Crippen molar-refractivity contribution in [2.75, 3.05) is 26.7 Å². The zero-order valence-electron chi connectivity index (χ0n) is 15.2. The molecule has 23 heavy (non-hydrogen) atoms. The summed E-state index contributed by atoms with van der Waals surface area (Å²) in [5.74, 6) is 2.24. The third-order valence-corrected chi connectivity index (χ3v) is 6.60.